The normalized spacial score (nSPS) is 18.4. The van der Waals surface area contributed by atoms with Crippen LogP contribution < -0.4 is 0 Å². The topological polar surface area (TPSA) is 61.7 Å². The lowest BCUT2D eigenvalue weighted by atomic mass is 10.1. The molecule has 0 aliphatic carbocycles. The van der Waals surface area contributed by atoms with Crippen LogP contribution >= 0.6 is 0 Å². The van der Waals surface area contributed by atoms with Crippen molar-refractivity contribution in [1.82, 2.24) is 24.3 Å². The Labute approximate surface area is 159 Å². The maximum atomic E-state index is 12.9. The molecule has 2 aromatic rings. The van der Waals surface area contributed by atoms with E-state index >= 15 is 0 Å². The van der Waals surface area contributed by atoms with E-state index in [9.17, 15) is 9.59 Å². The van der Waals surface area contributed by atoms with Crippen molar-refractivity contribution in [3.05, 3.63) is 29.6 Å². The van der Waals surface area contributed by atoms with Gasteiger partial charge in [-0.15, -0.1) is 0 Å². The van der Waals surface area contributed by atoms with Gasteiger partial charge >= 0.3 is 0 Å². The minimum atomic E-state index is -0.0300. The molecule has 0 bridgehead atoms. The minimum absolute atomic E-state index is 0.0300. The maximum Gasteiger partial charge on any atom is 0.289 e. The van der Waals surface area contributed by atoms with Crippen LogP contribution in [0.5, 0.6) is 0 Å². The second-order valence-electron chi connectivity index (χ2n) is 7.60. The number of imidazole rings is 1. The summed E-state index contributed by atoms with van der Waals surface area (Å²) in [5.41, 5.74) is 2.30. The number of aromatic nitrogens is 2. The molecule has 7 heteroatoms. The first-order valence-corrected chi connectivity index (χ1v) is 9.82. The fraction of sp³-hybridized carbons (Fsp3) is 0.550. The van der Waals surface area contributed by atoms with E-state index in [1.54, 1.807) is 0 Å². The van der Waals surface area contributed by atoms with Gasteiger partial charge < -0.3 is 14.4 Å². The Balaban J connectivity index is 1.58. The van der Waals surface area contributed by atoms with Crippen LogP contribution in [0.4, 0.5) is 0 Å². The van der Waals surface area contributed by atoms with Gasteiger partial charge in [-0.1, -0.05) is 0 Å². The molecular formula is C20H27N5O2. The average molecular weight is 369 g/mol. The lowest BCUT2D eigenvalue weighted by Crippen LogP contribution is -2.50. The van der Waals surface area contributed by atoms with Gasteiger partial charge in [-0.2, -0.15) is 0 Å². The van der Waals surface area contributed by atoms with Crippen molar-refractivity contribution in [2.75, 3.05) is 39.3 Å². The number of fused-ring (bicyclic) bond motifs is 3. The Hall–Kier alpha value is -2.41. The fourth-order valence-corrected chi connectivity index (χ4v) is 4.04. The number of carbonyl (C=O) groups excluding carboxylic acids is 2. The summed E-state index contributed by atoms with van der Waals surface area (Å²) < 4.78 is 1.97. The lowest BCUT2D eigenvalue weighted by molar-refractivity contribution is 0.0595. The Morgan fingerprint density at radius 1 is 1.11 bits per heavy atom. The zero-order valence-corrected chi connectivity index (χ0v) is 16.3. The summed E-state index contributed by atoms with van der Waals surface area (Å²) in [4.78, 5) is 36.1. The van der Waals surface area contributed by atoms with Crippen molar-refractivity contribution in [1.29, 1.82) is 0 Å². The van der Waals surface area contributed by atoms with Crippen molar-refractivity contribution in [3.63, 3.8) is 0 Å². The number of hydrogen-bond acceptors (Lipinski definition) is 4. The molecule has 4 rings (SSSR count). The minimum Gasteiger partial charge on any atom is -0.336 e. The number of hydrogen-bond donors (Lipinski definition) is 0. The summed E-state index contributed by atoms with van der Waals surface area (Å²) in [6.07, 6.45) is 0. The van der Waals surface area contributed by atoms with Crippen LogP contribution in [0.15, 0.2) is 18.2 Å². The number of piperazine rings is 1. The first-order chi connectivity index (χ1) is 13.0. The molecule has 7 nitrogen and oxygen atoms in total. The van der Waals surface area contributed by atoms with Gasteiger partial charge in [0, 0.05) is 57.4 Å². The first kappa shape index (κ1) is 18.0. The summed E-state index contributed by atoms with van der Waals surface area (Å²) in [7, 11) is 0. The molecule has 2 amide bonds. The van der Waals surface area contributed by atoms with Crippen molar-refractivity contribution in [2.45, 2.75) is 33.4 Å². The van der Waals surface area contributed by atoms with E-state index in [1.165, 1.54) is 0 Å². The molecule has 0 atom stereocenters. The summed E-state index contributed by atoms with van der Waals surface area (Å²) in [5.74, 6) is 0.499. The lowest BCUT2D eigenvalue weighted by Gasteiger charge is -2.36. The summed E-state index contributed by atoms with van der Waals surface area (Å²) in [5, 5.41) is 0. The molecule has 1 fully saturated rings. The molecule has 3 heterocycles. The van der Waals surface area contributed by atoms with Crippen molar-refractivity contribution in [2.24, 2.45) is 0 Å². The van der Waals surface area contributed by atoms with E-state index in [1.807, 2.05) is 39.5 Å². The summed E-state index contributed by atoms with van der Waals surface area (Å²) in [6, 6.07) is 6.14. The average Bonchev–Trinajstić information content (AvgIpc) is 3.06. The van der Waals surface area contributed by atoms with E-state index < -0.39 is 0 Å². The smallest absolute Gasteiger partial charge is 0.289 e. The molecule has 0 radical (unpaired) electrons. The predicted molar refractivity (Wildman–Crippen MR) is 104 cm³/mol. The third-order valence-corrected chi connectivity index (χ3v) is 5.78. The molecule has 2 aliphatic rings. The highest BCUT2D eigenvalue weighted by Crippen LogP contribution is 2.23. The van der Waals surface area contributed by atoms with Gasteiger partial charge in [-0.05, 0) is 39.0 Å². The van der Waals surface area contributed by atoms with E-state index in [4.69, 9.17) is 0 Å². The largest absolute Gasteiger partial charge is 0.336 e. The zero-order chi connectivity index (χ0) is 19.1. The zero-order valence-electron chi connectivity index (χ0n) is 16.3. The molecule has 0 saturated carbocycles. The number of benzene rings is 1. The SMILES string of the molecule is CCN1CCn2c(nc3cc(C(=O)N4CCN(C(C)C)CC4)ccc32)C1=O. The first-order valence-electron chi connectivity index (χ1n) is 9.82. The van der Waals surface area contributed by atoms with E-state index in [-0.39, 0.29) is 11.8 Å². The van der Waals surface area contributed by atoms with Gasteiger partial charge in [-0.25, -0.2) is 4.98 Å². The van der Waals surface area contributed by atoms with Crippen LogP contribution in [0.1, 0.15) is 41.7 Å². The Kier molecular flexibility index (Phi) is 4.63. The van der Waals surface area contributed by atoms with Crippen molar-refractivity contribution in [3.8, 4) is 0 Å². The number of likely N-dealkylation sites (N-methyl/N-ethyl adjacent to an activating group) is 1. The van der Waals surface area contributed by atoms with E-state index in [0.717, 1.165) is 43.8 Å². The highest BCUT2D eigenvalue weighted by molar-refractivity contribution is 6.00. The molecule has 1 saturated heterocycles. The molecule has 1 aromatic carbocycles. The highest BCUT2D eigenvalue weighted by Gasteiger charge is 2.28. The quantitative estimate of drug-likeness (QED) is 0.826. The third kappa shape index (κ3) is 3.10. The molecule has 0 spiro atoms. The summed E-state index contributed by atoms with van der Waals surface area (Å²) >= 11 is 0. The Bertz CT molecular complexity index is 880. The van der Waals surface area contributed by atoms with E-state index in [2.05, 4.69) is 23.7 Å². The van der Waals surface area contributed by atoms with Gasteiger partial charge in [0.1, 0.15) is 0 Å². The van der Waals surface area contributed by atoms with Gasteiger partial charge in [-0.3, -0.25) is 14.5 Å². The fourth-order valence-electron chi connectivity index (χ4n) is 4.04. The van der Waals surface area contributed by atoms with Crippen LogP contribution in [0, 0.1) is 0 Å². The van der Waals surface area contributed by atoms with E-state index in [0.29, 0.717) is 30.5 Å². The number of nitrogens with zero attached hydrogens (tertiary/aromatic N) is 5. The highest BCUT2D eigenvalue weighted by atomic mass is 16.2. The molecule has 0 N–H and O–H groups in total. The third-order valence-electron chi connectivity index (χ3n) is 5.78. The van der Waals surface area contributed by atoms with Crippen molar-refractivity contribution >= 4 is 22.8 Å². The van der Waals surface area contributed by atoms with Crippen LogP contribution in [0.2, 0.25) is 0 Å². The second-order valence-corrected chi connectivity index (χ2v) is 7.60. The van der Waals surface area contributed by atoms with Gasteiger partial charge in [0.25, 0.3) is 11.8 Å². The molecule has 144 valence electrons. The van der Waals surface area contributed by atoms with Crippen LogP contribution in [-0.2, 0) is 6.54 Å². The molecule has 1 aromatic heterocycles. The second kappa shape index (κ2) is 6.96. The molecular weight excluding hydrogens is 342 g/mol. The van der Waals surface area contributed by atoms with Crippen LogP contribution in [-0.4, -0.2) is 81.4 Å². The predicted octanol–water partition coefficient (Wildman–Crippen LogP) is 1.68. The van der Waals surface area contributed by atoms with Gasteiger partial charge in [0.05, 0.1) is 11.0 Å². The Morgan fingerprint density at radius 2 is 1.85 bits per heavy atom. The Morgan fingerprint density at radius 3 is 2.52 bits per heavy atom. The maximum absolute atomic E-state index is 12.9. The molecule has 2 aliphatic heterocycles. The molecule has 27 heavy (non-hydrogen) atoms. The van der Waals surface area contributed by atoms with Crippen LogP contribution in [0.25, 0.3) is 11.0 Å². The van der Waals surface area contributed by atoms with Crippen LogP contribution in [0.3, 0.4) is 0 Å². The monoisotopic (exact) mass is 369 g/mol. The molecule has 0 unspecified atom stereocenters. The standard InChI is InChI=1S/C20H27N5O2/c1-4-22-11-12-25-17-6-5-15(13-16(17)21-18(25)20(22)27)19(26)24-9-7-23(8-10-24)14(2)3/h5-6,13-14H,4,7-12H2,1-3H3. The number of rotatable bonds is 3. The number of carbonyl (C=O) groups is 2. The van der Waals surface area contributed by atoms with Crippen molar-refractivity contribution < 1.29 is 9.59 Å². The van der Waals surface area contributed by atoms with Gasteiger partial charge in [0.2, 0.25) is 0 Å². The number of amides is 2. The van der Waals surface area contributed by atoms with Gasteiger partial charge in [0.15, 0.2) is 5.82 Å². The summed E-state index contributed by atoms with van der Waals surface area (Å²) in [6.45, 7) is 11.8.